The van der Waals surface area contributed by atoms with Crippen LogP contribution in [0.15, 0.2) is 82.7 Å². The lowest BCUT2D eigenvalue weighted by molar-refractivity contribution is -0.141. The van der Waals surface area contributed by atoms with Crippen molar-refractivity contribution < 1.29 is 37.0 Å². The van der Waals surface area contributed by atoms with Crippen LogP contribution in [0.5, 0.6) is 5.75 Å². The first kappa shape index (κ1) is 31.8. The van der Waals surface area contributed by atoms with E-state index in [0.29, 0.717) is 35.2 Å². The summed E-state index contributed by atoms with van der Waals surface area (Å²) in [5.74, 6) is -0.299. The maximum absolute atomic E-state index is 13.0. The lowest BCUT2D eigenvalue weighted by Gasteiger charge is -2.22. The van der Waals surface area contributed by atoms with Gasteiger partial charge in [-0.25, -0.2) is 23.1 Å². The molecule has 0 aromatic heterocycles. The Hall–Kier alpha value is -4.75. The van der Waals surface area contributed by atoms with Gasteiger partial charge >= 0.3 is 18.2 Å². The maximum Gasteiger partial charge on any atom is 0.435 e. The lowest BCUT2D eigenvalue weighted by atomic mass is 10.1. The Morgan fingerprint density at radius 2 is 1.62 bits per heavy atom. The predicted molar refractivity (Wildman–Crippen MR) is 155 cm³/mol. The molecule has 0 unspecified atom stereocenters. The quantitative estimate of drug-likeness (QED) is 0.144. The van der Waals surface area contributed by atoms with Crippen LogP contribution in [0.4, 0.5) is 9.59 Å². The second-order valence-corrected chi connectivity index (χ2v) is 10.5. The number of aliphatic imine (C=N–C) groups is 1. The van der Waals surface area contributed by atoms with Gasteiger partial charge < -0.3 is 24.8 Å². The summed E-state index contributed by atoms with van der Waals surface area (Å²) < 4.78 is 39.0. The fourth-order valence-electron chi connectivity index (χ4n) is 3.88. The molecule has 0 aliphatic rings. The number of nitrogens with two attached hydrogens (primary N) is 2. The van der Waals surface area contributed by atoms with Crippen LogP contribution in [0.1, 0.15) is 31.4 Å². The van der Waals surface area contributed by atoms with E-state index in [1.165, 1.54) is 17.9 Å². The minimum atomic E-state index is -3.93. The maximum atomic E-state index is 13.0. The molecule has 0 heterocycles. The highest BCUT2D eigenvalue weighted by atomic mass is 32.2. The van der Waals surface area contributed by atoms with Crippen LogP contribution >= 0.6 is 0 Å². The SMILES string of the molecule is CCCN(Cc1cccc(C(N)=NC(=O)OCCOC(C)=O)c1)C(=O)Oc1ccc(-c2ccccc2S(N)(=O)=O)cc1. The first-order chi connectivity index (χ1) is 20.0. The van der Waals surface area contributed by atoms with Gasteiger partial charge in [-0.15, -0.1) is 0 Å². The number of ether oxygens (including phenoxy) is 3. The molecule has 0 spiro atoms. The molecule has 42 heavy (non-hydrogen) atoms. The third-order valence-corrected chi connectivity index (χ3v) is 6.71. The third-order valence-electron chi connectivity index (χ3n) is 5.74. The van der Waals surface area contributed by atoms with Crippen molar-refractivity contribution in [1.82, 2.24) is 4.90 Å². The summed E-state index contributed by atoms with van der Waals surface area (Å²) in [5, 5.41) is 5.34. The zero-order chi connectivity index (χ0) is 30.7. The average Bonchev–Trinajstić information content (AvgIpc) is 2.95. The number of benzene rings is 3. The first-order valence-electron chi connectivity index (χ1n) is 12.9. The van der Waals surface area contributed by atoms with E-state index >= 15 is 0 Å². The summed E-state index contributed by atoms with van der Waals surface area (Å²) in [6.45, 7) is 3.51. The minimum absolute atomic E-state index is 0.00654. The van der Waals surface area contributed by atoms with Crippen molar-refractivity contribution in [2.45, 2.75) is 31.7 Å². The number of carbonyl (C=O) groups is 3. The Morgan fingerprint density at radius 1 is 0.929 bits per heavy atom. The molecule has 13 heteroatoms. The van der Waals surface area contributed by atoms with Crippen molar-refractivity contribution >= 4 is 34.0 Å². The molecule has 0 fully saturated rings. The molecule has 0 aliphatic carbocycles. The van der Waals surface area contributed by atoms with Gasteiger partial charge in [-0.3, -0.25) is 4.79 Å². The molecule has 0 radical (unpaired) electrons. The number of nitrogens with zero attached hydrogens (tertiary/aromatic N) is 2. The highest BCUT2D eigenvalue weighted by Gasteiger charge is 2.18. The standard InChI is InChI=1S/C29H32N4O8S/c1-3-15-33(19-21-7-6-8-23(18-21)27(30)32-28(35)40-17-16-39-20(2)34)29(36)41-24-13-11-22(12-14-24)25-9-4-5-10-26(25)42(31,37)38/h4-14,18H,3,15-17,19H2,1-2H3,(H2,30,32,35)(H2,31,37,38). The Bertz CT molecular complexity index is 1560. The number of amidine groups is 1. The molecule has 3 aromatic carbocycles. The third kappa shape index (κ3) is 9.42. The fraction of sp³-hybridized carbons (Fsp3) is 0.241. The summed E-state index contributed by atoms with van der Waals surface area (Å²) in [6.07, 6.45) is -0.848. The Kier molecular flexibility index (Phi) is 11.2. The van der Waals surface area contributed by atoms with Gasteiger partial charge in [-0.2, -0.15) is 4.99 Å². The highest BCUT2D eigenvalue weighted by molar-refractivity contribution is 7.89. The van der Waals surface area contributed by atoms with Crippen molar-refractivity contribution in [3.05, 3.63) is 83.9 Å². The van der Waals surface area contributed by atoms with Crippen molar-refractivity contribution in [2.24, 2.45) is 15.9 Å². The number of carbonyl (C=O) groups excluding carboxylic acids is 3. The van der Waals surface area contributed by atoms with Crippen LogP contribution in [-0.4, -0.2) is 57.1 Å². The molecule has 4 N–H and O–H groups in total. The molecule has 222 valence electrons. The number of hydrogen-bond acceptors (Lipinski definition) is 8. The molecule has 2 amide bonds. The van der Waals surface area contributed by atoms with E-state index in [2.05, 4.69) is 9.73 Å². The summed E-state index contributed by atoms with van der Waals surface area (Å²) in [4.78, 5) is 40.9. The number of esters is 1. The monoisotopic (exact) mass is 596 g/mol. The number of sulfonamides is 1. The van der Waals surface area contributed by atoms with Crippen molar-refractivity contribution in [2.75, 3.05) is 19.8 Å². The van der Waals surface area contributed by atoms with E-state index in [9.17, 15) is 22.8 Å². The van der Waals surface area contributed by atoms with Crippen LogP contribution in [0.3, 0.4) is 0 Å². The van der Waals surface area contributed by atoms with Crippen molar-refractivity contribution in [3.63, 3.8) is 0 Å². The number of amides is 2. The van der Waals surface area contributed by atoms with E-state index in [0.717, 1.165) is 0 Å². The van der Waals surface area contributed by atoms with Gasteiger partial charge in [0, 0.05) is 31.1 Å². The van der Waals surface area contributed by atoms with E-state index in [4.69, 9.17) is 20.3 Å². The normalized spacial score (nSPS) is 11.5. The average molecular weight is 597 g/mol. The van der Waals surface area contributed by atoms with E-state index in [1.54, 1.807) is 66.7 Å². The van der Waals surface area contributed by atoms with Crippen LogP contribution in [0.25, 0.3) is 11.1 Å². The van der Waals surface area contributed by atoms with E-state index < -0.39 is 28.2 Å². The van der Waals surface area contributed by atoms with Gasteiger partial charge in [0.05, 0.1) is 4.90 Å². The molecule has 0 saturated carbocycles. The number of hydrogen-bond donors (Lipinski definition) is 2. The Balaban J connectivity index is 1.68. The van der Waals surface area contributed by atoms with Gasteiger partial charge in [-0.1, -0.05) is 55.5 Å². The Labute approximate surface area is 243 Å². The van der Waals surface area contributed by atoms with E-state index in [1.807, 2.05) is 6.92 Å². The van der Waals surface area contributed by atoms with Crippen LogP contribution in [0, 0.1) is 0 Å². The van der Waals surface area contributed by atoms with Gasteiger partial charge in [-0.05, 0) is 41.8 Å². The largest absolute Gasteiger partial charge is 0.462 e. The van der Waals surface area contributed by atoms with Gasteiger partial charge in [0.2, 0.25) is 10.0 Å². The zero-order valence-electron chi connectivity index (χ0n) is 23.2. The molecule has 3 aromatic rings. The topological polar surface area (TPSA) is 181 Å². The predicted octanol–water partition coefficient (Wildman–Crippen LogP) is 3.82. The zero-order valence-corrected chi connectivity index (χ0v) is 24.0. The summed E-state index contributed by atoms with van der Waals surface area (Å²) in [7, 11) is -3.93. The molecule has 0 aliphatic heterocycles. The number of rotatable bonds is 11. The summed E-state index contributed by atoms with van der Waals surface area (Å²) >= 11 is 0. The van der Waals surface area contributed by atoms with Gasteiger partial charge in [0.15, 0.2) is 0 Å². The second kappa shape index (κ2) is 14.8. The highest BCUT2D eigenvalue weighted by Crippen LogP contribution is 2.28. The van der Waals surface area contributed by atoms with Crippen LogP contribution < -0.4 is 15.6 Å². The molecule has 0 saturated heterocycles. The lowest BCUT2D eigenvalue weighted by Crippen LogP contribution is -2.33. The van der Waals surface area contributed by atoms with Gasteiger partial charge in [0.1, 0.15) is 24.8 Å². The van der Waals surface area contributed by atoms with Crippen molar-refractivity contribution in [3.8, 4) is 16.9 Å². The second-order valence-electron chi connectivity index (χ2n) is 9.01. The van der Waals surface area contributed by atoms with E-state index in [-0.39, 0.29) is 36.2 Å². The van der Waals surface area contributed by atoms with Crippen LogP contribution in [-0.2, 0) is 30.8 Å². The summed E-state index contributed by atoms with van der Waals surface area (Å²) in [5.41, 5.74) is 8.17. The molecular weight excluding hydrogens is 564 g/mol. The smallest absolute Gasteiger partial charge is 0.435 e. The molecule has 0 bridgehead atoms. The van der Waals surface area contributed by atoms with Crippen molar-refractivity contribution in [1.29, 1.82) is 0 Å². The molecular formula is C29H32N4O8S. The Morgan fingerprint density at radius 3 is 2.29 bits per heavy atom. The first-order valence-corrected chi connectivity index (χ1v) is 14.4. The molecule has 3 rings (SSSR count). The molecule has 0 atom stereocenters. The number of primary sulfonamides is 1. The minimum Gasteiger partial charge on any atom is -0.462 e. The molecule has 12 nitrogen and oxygen atoms in total. The summed E-state index contributed by atoms with van der Waals surface area (Å²) in [6, 6.07) is 19.6. The van der Waals surface area contributed by atoms with Crippen LogP contribution in [0.2, 0.25) is 0 Å². The fourth-order valence-corrected chi connectivity index (χ4v) is 4.65. The van der Waals surface area contributed by atoms with Gasteiger partial charge in [0.25, 0.3) is 0 Å².